The first-order valence-corrected chi connectivity index (χ1v) is 8.94. The Balaban J connectivity index is 0.00000176. The number of hydrogen-bond acceptors (Lipinski definition) is 3. The summed E-state index contributed by atoms with van der Waals surface area (Å²) >= 11 is 0. The van der Waals surface area contributed by atoms with Gasteiger partial charge in [-0.05, 0) is 56.9 Å². The largest absolute Gasteiger partial charge is 0.341 e. The fourth-order valence-electron chi connectivity index (χ4n) is 3.66. The third-order valence-electron chi connectivity index (χ3n) is 5.35. The Morgan fingerprint density at radius 3 is 2.45 bits per heavy atom. The maximum atomic E-state index is 12.4. The minimum absolute atomic E-state index is 0. The molecule has 2 aliphatic heterocycles. The summed E-state index contributed by atoms with van der Waals surface area (Å²) < 4.78 is 0. The first kappa shape index (κ1) is 18.0. The second kappa shape index (κ2) is 8.51. The highest BCUT2D eigenvalue weighted by Crippen LogP contribution is 2.28. The lowest BCUT2D eigenvalue weighted by molar-refractivity contribution is -0.134. The summed E-state index contributed by atoms with van der Waals surface area (Å²) in [6, 6.07) is 0.687. The Labute approximate surface area is 141 Å². The molecule has 0 bridgehead atoms. The predicted molar refractivity (Wildman–Crippen MR) is 92.4 cm³/mol. The van der Waals surface area contributed by atoms with Crippen molar-refractivity contribution in [2.24, 2.45) is 11.8 Å². The van der Waals surface area contributed by atoms with Crippen LogP contribution in [-0.4, -0.2) is 61.0 Å². The van der Waals surface area contributed by atoms with E-state index in [1.54, 1.807) is 0 Å². The van der Waals surface area contributed by atoms with Gasteiger partial charge in [-0.25, -0.2) is 0 Å². The first-order valence-electron chi connectivity index (χ1n) is 8.94. The van der Waals surface area contributed by atoms with E-state index in [4.69, 9.17) is 0 Å². The van der Waals surface area contributed by atoms with Crippen LogP contribution in [0.15, 0.2) is 0 Å². The van der Waals surface area contributed by atoms with E-state index >= 15 is 0 Å². The number of carbonyl (C=O) groups is 1. The van der Waals surface area contributed by atoms with Crippen LogP contribution in [0.4, 0.5) is 0 Å². The van der Waals surface area contributed by atoms with Gasteiger partial charge in [0.2, 0.25) is 5.91 Å². The molecule has 1 amide bonds. The topological polar surface area (TPSA) is 35.6 Å². The van der Waals surface area contributed by atoms with Crippen molar-refractivity contribution in [3.8, 4) is 0 Å². The number of rotatable bonds is 5. The van der Waals surface area contributed by atoms with Crippen molar-refractivity contribution in [3.05, 3.63) is 0 Å². The molecule has 1 atom stereocenters. The van der Waals surface area contributed by atoms with Gasteiger partial charge in [0.15, 0.2) is 0 Å². The first-order chi connectivity index (χ1) is 10.2. The quantitative estimate of drug-likeness (QED) is 0.839. The predicted octanol–water partition coefficient (Wildman–Crippen LogP) is 2.13. The van der Waals surface area contributed by atoms with Gasteiger partial charge in [0.1, 0.15) is 0 Å². The average Bonchev–Trinajstić information content (AvgIpc) is 3.31. The van der Waals surface area contributed by atoms with Gasteiger partial charge in [-0.1, -0.05) is 6.92 Å². The molecule has 3 aliphatic rings. The zero-order valence-electron chi connectivity index (χ0n) is 13.9. The van der Waals surface area contributed by atoms with Crippen molar-refractivity contribution in [1.82, 2.24) is 15.1 Å². The van der Waals surface area contributed by atoms with Crippen LogP contribution >= 0.6 is 12.4 Å². The normalized spacial score (nSPS) is 27.5. The lowest BCUT2D eigenvalue weighted by atomic mass is 10.00. The minimum atomic E-state index is 0. The Morgan fingerprint density at radius 1 is 1.09 bits per heavy atom. The van der Waals surface area contributed by atoms with Gasteiger partial charge < -0.3 is 10.2 Å². The van der Waals surface area contributed by atoms with Crippen molar-refractivity contribution in [2.75, 3.05) is 39.3 Å². The van der Waals surface area contributed by atoms with E-state index in [0.717, 1.165) is 32.1 Å². The van der Waals surface area contributed by atoms with E-state index in [1.807, 2.05) is 0 Å². The maximum Gasteiger partial charge on any atom is 0.236 e. The van der Waals surface area contributed by atoms with Crippen molar-refractivity contribution >= 4 is 18.3 Å². The summed E-state index contributed by atoms with van der Waals surface area (Å²) in [5, 5.41) is 3.70. The molecule has 2 saturated heterocycles. The van der Waals surface area contributed by atoms with Gasteiger partial charge in [-0.2, -0.15) is 0 Å². The monoisotopic (exact) mass is 329 g/mol. The summed E-state index contributed by atoms with van der Waals surface area (Å²) in [7, 11) is 0. The van der Waals surface area contributed by atoms with Crippen molar-refractivity contribution in [3.63, 3.8) is 0 Å². The molecule has 3 rings (SSSR count). The number of piperidine rings is 2. The molecule has 0 radical (unpaired) electrons. The Kier molecular flexibility index (Phi) is 6.97. The molecule has 1 saturated carbocycles. The lowest BCUT2D eigenvalue weighted by Crippen LogP contribution is -2.48. The van der Waals surface area contributed by atoms with Gasteiger partial charge in [0, 0.05) is 32.2 Å². The molecule has 0 aromatic carbocycles. The van der Waals surface area contributed by atoms with Crippen LogP contribution in [0.5, 0.6) is 0 Å². The highest BCUT2D eigenvalue weighted by atomic mass is 35.5. The molecule has 1 aliphatic carbocycles. The van der Waals surface area contributed by atoms with Crippen LogP contribution in [0.25, 0.3) is 0 Å². The number of amides is 1. The van der Waals surface area contributed by atoms with Gasteiger partial charge in [0.05, 0.1) is 6.54 Å². The van der Waals surface area contributed by atoms with Crippen molar-refractivity contribution in [2.45, 2.75) is 51.5 Å². The van der Waals surface area contributed by atoms with Crippen LogP contribution < -0.4 is 5.32 Å². The second-order valence-electron chi connectivity index (χ2n) is 7.49. The van der Waals surface area contributed by atoms with Crippen LogP contribution in [0.2, 0.25) is 0 Å². The zero-order chi connectivity index (χ0) is 14.7. The van der Waals surface area contributed by atoms with Crippen LogP contribution in [0.3, 0.4) is 0 Å². The lowest BCUT2D eigenvalue weighted by Gasteiger charge is -2.35. The molecule has 0 aromatic heterocycles. The van der Waals surface area contributed by atoms with Gasteiger partial charge in [-0.15, -0.1) is 12.4 Å². The third-order valence-corrected chi connectivity index (χ3v) is 5.35. The molecule has 4 nitrogen and oxygen atoms in total. The highest BCUT2D eigenvalue weighted by molar-refractivity contribution is 5.85. The molecule has 22 heavy (non-hydrogen) atoms. The number of likely N-dealkylation sites (tertiary alicyclic amines) is 2. The Bertz CT molecular complexity index is 354. The van der Waals surface area contributed by atoms with Crippen molar-refractivity contribution in [1.29, 1.82) is 0 Å². The van der Waals surface area contributed by atoms with E-state index < -0.39 is 0 Å². The Hall–Kier alpha value is -0.320. The number of carbonyl (C=O) groups excluding carboxylic acids is 1. The van der Waals surface area contributed by atoms with E-state index in [1.165, 1.54) is 45.1 Å². The SMILES string of the molecule is CC1CCCN(C(=O)CN2CCC(NCC3CC3)CC2)C1.Cl. The summed E-state index contributed by atoms with van der Waals surface area (Å²) in [6.45, 7) is 8.23. The Morgan fingerprint density at radius 2 is 1.82 bits per heavy atom. The second-order valence-corrected chi connectivity index (χ2v) is 7.49. The van der Waals surface area contributed by atoms with Gasteiger partial charge in [0.25, 0.3) is 0 Å². The van der Waals surface area contributed by atoms with Crippen LogP contribution in [0, 0.1) is 11.8 Å². The molecule has 128 valence electrons. The highest BCUT2D eigenvalue weighted by Gasteiger charge is 2.26. The number of halogens is 1. The summed E-state index contributed by atoms with van der Waals surface area (Å²) in [5.74, 6) is 2.00. The number of nitrogens with one attached hydrogen (secondary N) is 1. The fourth-order valence-corrected chi connectivity index (χ4v) is 3.66. The molecule has 5 heteroatoms. The summed E-state index contributed by atoms with van der Waals surface area (Å²) in [4.78, 5) is 16.8. The zero-order valence-corrected chi connectivity index (χ0v) is 14.7. The summed E-state index contributed by atoms with van der Waals surface area (Å²) in [5.41, 5.74) is 0. The standard InChI is InChI=1S/C17H31N3O.ClH/c1-14-3-2-8-20(12-14)17(21)13-19-9-6-16(7-10-19)18-11-15-4-5-15;/h14-16,18H,2-13H2,1H3;1H. The van der Waals surface area contributed by atoms with Crippen molar-refractivity contribution < 1.29 is 4.79 Å². The molecular weight excluding hydrogens is 298 g/mol. The van der Waals surface area contributed by atoms with Gasteiger partial charge >= 0.3 is 0 Å². The number of hydrogen-bond donors (Lipinski definition) is 1. The van der Waals surface area contributed by atoms with Gasteiger partial charge in [-0.3, -0.25) is 9.69 Å². The maximum absolute atomic E-state index is 12.4. The molecule has 0 aromatic rings. The molecule has 0 spiro atoms. The smallest absolute Gasteiger partial charge is 0.236 e. The molecule has 3 fully saturated rings. The van der Waals surface area contributed by atoms with Crippen LogP contribution in [-0.2, 0) is 4.79 Å². The van der Waals surface area contributed by atoms with E-state index in [-0.39, 0.29) is 12.4 Å². The molecule has 1 unspecified atom stereocenters. The minimum Gasteiger partial charge on any atom is -0.341 e. The van der Waals surface area contributed by atoms with E-state index in [2.05, 4.69) is 22.0 Å². The molecular formula is C17H32ClN3O. The number of nitrogens with zero attached hydrogens (tertiary/aromatic N) is 2. The van der Waals surface area contributed by atoms with E-state index in [9.17, 15) is 4.79 Å². The van der Waals surface area contributed by atoms with Crippen LogP contribution in [0.1, 0.15) is 45.4 Å². The average molecular weight is 330 g/mol. The van der Waals surface area contributed by atoms with E-state index in [0.29, 0.717) is 24.4 Å². The molecule has 1 N–H and O–H groups in total. The summed E-state index contributed by atoms with van der Waals surface area (Å²) in [6.07, 6.45) is 7.72. The molecule has 2 heterocycles. The third kappa shape index (κ3) is 5.39. The fraction of sp³-hybridized carbons (Fsp3) is 0.941.